The number of sulfonamides is 1. The van der Waals surface area contributed by atoms with E-state index in [0.717, 1.165) is 24.3 Å². The number of nitrogens with one attached hydrogen (secondary N) is 1. The first-order valence-electron chi connectivity index (χ1n) is 7.74. The molecule has 1 N–H and O–H groups in total. The van der Waals surface area contributed by atoms with Gasteiger partial charge in [0.25, 0.3) is 0 Å². The Labute approximate surface area is 160 Å². The van der Waals surface area contributed by atoms with Crippen LogP contribution < -0.4 is 23.7 Å². The standard InChI is InChI=1S/C17H18F3NO6S/c1-24-14-9-16(26-3)15(25-2)7-11(14)10-21-28(22,23)13-6-4-5-12(8-13)27-17(18,19)20/h4-9,21H,10H2,1-3H3. The topological polar surface area (TPSA) is 83.1 Å². The first kappa shape index (κ1) is 21.6. The molecule has 0 aliphatic carbocycles. The lowest BCUT2D eigenvalue weighted by molar-refractivity contribution is -0.274. The molecule has 0 bridgehead atoms. The van der Waals surface area contributed by atoms with E-state index in [9.17, 15) is 21.6 Å². The van der Waals surface area contributed by atoms with Crippen molar-refractivity contribution in [1.29, 1.82) is 0 Å². The van der Waals surface area contributed by atoms with Gasteiger partial charge in [-0.05, 0) is 18.2 Å². The highest BCUT2D eigenvalue weighted by Crippen LogP contribution is 2.34. The van der Waals surface area contributed by atoms with Crippen LogP contribution in [-0.2, 0) is 16.6 Å². The van der Waals surface area contributed by atoms with Gasteiger partial charge in [-0.25, -0.2) is 13.1 Å². The molecule has 0 amide bonds. The Morgan fingerprint density at radius 3 is 2.11 bits per heavy atom. The highest BCUT2D eigenvalue weighted by molar-refractivity contribution is 7.89. The zero-order valence-electron chi connectivity index (χ0n) is 15.2. The average molecular weight is 421 g/mol. The molecule has 0 aromatic heterocycles. The number of rotatable bonds is 8. The SMILES string of the molecule is COc1cc(OC)c(OC)cc1CNS(=O)(=O)c1cccc(OC(F)(F)F)c1. The maximum atomic E-state index is 12.5. The summed E-state index contributed by atoms with van der Waals surface area (Å²) in [5.74, 6) is 0.453. The molecule has 0 aliphatic heterocycles. The zero-order chi connectivity index (χ0) is 20.9. The normalized spacial score (nSPS) is 11.8. The third kappa shape index (κ3) is 5.42. The lowest BCUT2D eigenvalue weighted by atomic mass is 10.1. The van der Waals surface area contributed by atoms with Gasteiger partial charge in [0.2, 0.25) is 10.0 Å². The highest BCUT2D eigenvalue weighted by Gasteiger charge is 2.31. The van der Waals surface area contributed by atoms with Crippen LogP contribution in [0.25, 0.3) is 0 Å². The van der Waals surface area contributed by atoms with Gasteiger partial charge in [-0.1, -0.05) is 6.07 Å². The largest absolute Gasteiger partial charge is 0.573 e. The summed E-state index contributed by atoms with van der Waals surface area (Å²) in [5.41, 5.74) is 0.437. The van der Waals surface area contributed by atoms with Crippen LogP contribution in [0.5, 0.6) is 23.0 Å². The van der Waals surface area contributed by atoms with Gasteiger partial charge in [-0.15, -0.1) is 13.2 Å². The molecule has 2 aromatic rings. The number of benzene rings is 2. The molecule has 0 atom stereocenters. The van der Waals surface area contributed by atoms with Crippen molar-refractivity contribution >= 4 is 10.0 Å². The average Bonchev–Trinajstić information content (AvgIpc) is 2.64. The lowest BCUT2D eigenvalue weighted by Gasteiger charge is -2.15. The Hall–Kier alpha value is -2.66. The van der Waals surface area contributed by atoms with E-state index in [0.29, 0.717) is 22.8 Å². The third-order valence-electron chi connectivity index (χ3n) is 3.59. The van der Waals surface area contributed by atoms with Gasteiger partial charge in [0.1, 0.15) is 11.5 Å². The summed E-state index contributed by atoms with van der Waals surface area (Å²) in [7, 11) is 0.139. The summed E-state index contributed by atoms with van der Waals surface area (Å²) in [6, 6.07) is 7.14. The molecule has 0 unspecified atom stereocenters. The Morgan fingerprint density at radius 2 is 1.54 bits per heavy atom. The molecule has 0 aliphatic rings. The molecule has 0 saturated heterocycles. The predicted octanol–water partition coefficient (Wildman–Crippen LogP) is 3.09. The van der Waals surface area contributed by atoms with Crippen molar-refractivity contribution in [1.82, 2.24) is 4.72 Å². The van der Waals surface area contributed by atoms with Gasteiger partial charge >= 0.3 is 6.36 Å². The van der Waals surface area contributed by atoms with Gasteiger partial charge in [0.15, 0.2) is 11.5 Å². The maximum Gasteiger partial charge on any atom is 0.573 e. The Balaban J connectivity index is 2.25. The summed E-state index contributed by atoms with van der Waals surface area (Å²) in [5, 5.41) is 0. The molecule has 7 nitrogen and oxygen atoms in total. The lowest BCUT2D eigenvalue weighted by Crippen LogP contribution is -2.24. The Bertz CT molecular complexity index is 931. The van der Waals surface area contributed by atoms with E-state index in [2.05, 4.69) is 9.46 Å². The van der Waals surface area contributed by atoms with Crippen molar-refractivity contribution in [3.63, 3.8) is 0 Å². The van der Waals surface area contributed by atoms with E-state index in [1.165, 1.54) is 33.5 Å². The molecule has 0 spiro atoms. The molecular weight excluding hydrogens is 403 g/mol. The number of hydrogen-bond acceptors (Lipinski definition) is 6. The second kappa shape index (κ2) is 8.57. The van der Waals surface area contributed by atoms with Crippen LogP contribution >= 0.6 is 0 Å². The first-order valence-corrected chi connectivity index (χ1v) is 9.22. The molecule has 28 heavy (non-hydrogen) atoms. The van der Waals surface area contributed by atoms with Gasteiger partial charge < -0.3 is 18.9 Å². The second-order valence-corrected chi connectivity index (χ2v) is 7.13. The molecule has 2 aromatic carbocycles. The monoisotopic (exact) mass is 421 g/mol. The molecule has 0 fully saturated rings. The van der Waals surface area contributed by atoms with E-state index < -0.39 is 22.1 Å². The number of alkyl halides is 3. The number of ether oxygens (including phenoxy) is 4. The quantitative estimate of drug-likeness (QED) is 0.705. The molecule has 0 saturated carbocycles. The fourth-order valence-corrected chi connectivity index (χ4v) is 3.37. The van der Waals surface area contributed by atoms with Crippen molar-refractivity contribution < 1.29 is 40.5 Å². The van der Waals surface area contributed by atoms with Crippen molar-refractivity contribution in [2.24, 2.45) is 0 Å². The summed E-state index contributed by atoms with van der Waals surface area (Å²) in [6.07, 6.45) is -4.93. The summed E-state index contributed by atoms with van der Waals surface area (Å²) >= 11 is 0. The fraction of sp³-hybridized carbons (Fsp3) is 0.294. The Kier molecular flexibility index (Phi) is 6.62. The van der Waals surface area contributed by atoms with Crippen LogP contribution in [0.1, 0.15) is 5.56 Å². The number of halogens is 3. The van der Waals surface area contributed by atoms with Gasteiger partial charge in [0.05, 0.1) is 26.2 Å². The van der Waals surface area contributed by atoms with Gasteiger partial charge in [-0.2, -0.15) is 0 Å². The molecule has 0 radical (unpaired) electrons. The first-order chi connectivity index (χ1) is 13.1. The molecule has 154 valence electrons. The van der Waals surface area contributed by atoms with Crippen LogP contribution in [0.15, 0.2) is 41.3 Å². The summed E-state index contributed by atoms with van der Waals surface area (Å²) in [6.45, 7) is -0.198. The van der Waals surface area contributed by atoms with Crippen LogP contribution in [-0.4, -0.2) is 36.1 Å². The summed E-state index contributed by atoms with van der Waals surface area (Å²) in [4.78, 5) is -0.381. The molecule has 2 rings (SSSR count). The number of methoxy groups -OCH3 is 3. The Morgan fingerprint density at radius 1 is 0.929 bits per heavy atom. The molecule has 0 heterocycles. The maximum absolute atomic E-state index is 12.5. The second-order valence-electron chi connectivity index (χ2n) is 5.37. The van der Waals surface area contributed by atoms with Crippen molar-refractivity contribution in [2.45, 2.75) is 17.8 Å². The molecule has 11 heteroatoms. The predicted molar refractivity (Wildman–Crippen MR) is 93.2 cm³/mol. The van der Waals surface area contributed by atoms with E-state index >= 15 is 0 Å². The van der Waals surface area contributed by atoms with Gasteiger partial charge in [0, 0.05) is 24.2 Å². The smallest absolute Gasteiger partial charge is 0.496 e. The van der Waals surface area contributed by atoms with Crippen LogP contribution in [0.4, 0.5) is 13.2 Å². The van der Waals surface area contributed by atoms with Crippen LogP contribution in [0.3, 0.4) is 0 Å². The van der Waals surface area contributed by atoms with Crippen molar-refractivity contribution in [3.8, 4) is 23.0 Å². The van der Waals surface area contributed by atoms with E-state index in [4.69, 9.17) is 14.2 Å². The van der Waals surface area contributed by atoms with Crippen molar-refractivity contribution in [3.05, 3.63) is 42.0 Å². The minimum atomic E-state index is -4.93. The minimum absolute atomic E-state index is 0.198. The van der Waals surface area contributed by atoms with E-state index in [1.807, 2.05) is 0 Å². The zero-order valence-corrected chi connectivity index (χ0v) is 16.0. The minimum Gasteiger partial charge on any atom is -0.496 e. The third-order valence-corrected chi connectivity index (χ3v) is 4.99. The van der Waals surface area contributed by atoms with Crippen molar-refractivity contribution in [2.75, 3.05) is 21.3 Å². The van der Waals surface area contributed by atoms with Crippen LogP contribution in [0.2, 0.25) is 0 Å². The van der Waals surface area contributed by atoms with E-state index in [1.54, 1.807) is 0 Å². The fourth-order valence-electron chi connectivity index (χ4n) is 2.33. The highest BCUT2D eigenvalue weighted by atomic mass is 32.2. The van der Waals surface area contributed by atoms with E-state index in [-0.39, 0.29) is 11.4 Å². The summed E-state index contributed by atoms with van der Waals surface area (Å²) < 4.78 is 83.5. The number of hydrogen-bond donors (Lipinski definition) is 1. The van der Waals surface area contributed by atoms with Crippen LogP contribution in [0, 0.1) is 0 Å². The van der Waals surface area contributed by atoms with Gasteiger partial charge in [-0.3, -0.25) is 0 Å². The molecular formula is C17H18F3NO6S.